The second-order valence-corrected chi connectivity index (χ2v) is 4.68. The summed E-state index contributed by atoms with van der Waals surface area (Å²) in [5.41, 5.74) is 8.62. The fraction of sp³-hybridized carbons (Fsp3) is 0.133. The van der Waals surface area contributed by atoms with Crippen molar-refractivity contribution in [3.8, 4) is 0 Å². The van der Waals surface area contributed by atoms with Crippen molar-refractivity contribution >= 4 is 28.7 Å². The Hall–Kier alpha value is -2.69. The topological polar surface area (TPSA) is 78.6 Å². The van der Waals surface area contributed by atoms with Crippen LogP contribution >= 0.6 is 0 Å². The van der Waals surface area contributed by atoms with Crippen LogP contribution in [0.5, 0.6) is 0 Å². The summed E-state index contributed by atoms with van der Waals surface area (Å²) in [5, 5.41) is 12.2. The van der Waals surface area contributed by atoms with Crippen molar-refractivity contribution in [1.82, 2.24) is 0 Å². The summed E-state index contributed by atoms with van der Waals surface area (Å²) in [6.07, 6.45) is 0. The van der Waals surface area contributed by atoms with E-state index in [4.69, 9.17) is 10.8 Å². The molecule has 0 heterocycles. The van der Waals surface area contributed by atoms with Gasteiger partial charge in [-0.15, -0.1) is 0 Å². The number of anilines is 4. The number of rotatable bonds is 4. The molecule has 0 saturated carbocycles. The fourth-order valence-electron chi connectivity index (χ4n) is 1.85. The van der Waals surface area contributed by atoms with Gasteiger partial charge in [-0.05, 0) is 36.4 Å². The van der Waals surface area contributed by atoms with E-state index in [9.17, 15) is 4.79 Å². The Balaban J connectivity index is 2.28. The van der Waals surface area contributed by atoms with Crippen molar-refractivity contribution in [2.45, 2.75) is 0 Å². The van der Waals surface area contributed by atoms with Gasteiger partial charge in [-0.3, -0.25) is 0 Å². The number of aromatic carboxylic acids is 1. The molecular formula is C15H17N3O2. The minimum atomic E-state index is -1.03. The molecule has 0 radical (unpaired) electrons. The molecule has 0 unspecified atom stereocenters. The van der Waals surface area contributed by atoms with Crippen LogP contribution in [0.2, 0.25) is 0 Å². The van der Waals surface area contributed by atoms with Crippen LogP contribution in [0.1, 0.15) is 10.4 Å². The molecule has 5 nitrogen and oxygen atoms in total. The van der Waals surface area contributed by atoms with Crippen molar-refractivity contribution in [2.24, 2.45) is 0 Å². The zero-order valence-corrected chi connectivity index (χ0v) is 11.4. The first-order valence-electron chi connectivity index (χ1n) is 6.14. The number of benzene rings is 2. The van der Waals surface area contributed by atoms with Crippen molar-refractivity contribution in [3.63, 3.8) is 0 Å². The number of hydrogen-bond donors (Lipinski definition) is 3. The van der Waals surface area contributed by atoms with Gasteiger partial charge in [0.2, 0.25) is 0 Å². The Morgan fingerprint density at radius 1 is 1.15 bits per heavy atom. The normalized spacial score (nSPS) is 10.1. The highest BCUT2D eigenvalue weighted by Crippen LogP contribution is 2.24. The molecule has 4 N–H and O–H groups in total. The lowest BCUT2D eigenvalue weighted by atomic mass is 10.1. The molecular weight excluding hydrogens is 254 g/mol. The van der Waals surface area contributed by atoms with E-state index in [1.807, 2.05) is 43.3 Å². The largest absolute Gasteiger partial charge is 0.478 e. The molecule has 5 heteroatoms. The Morgan fingerprint density at radius 3 is 2.50 bits per heavy atom. The van der Waals surface area contributed by atoms with E-state index in [1.165, 1.54) is 6.07 Å². The molecule has 0 spiro atoms. The average Bonchev–Trinajstić information content (AvgIpc) is 2.41. The minimum absolute atomic E-state index is 0.0961. The number of nitrogens with zero attached hydrogens (tertiary/aromatic N) is 1. The molecule has 0 amide bonds. The fourth-order valence-corrected chi connectivity index (χ4v) is 1.85. The van der Waals surface area contributed by atoms with E-state index in [1.54, 1.807) is 12.1 Å². The van der Waals surface area contributed by atoms with Gasteiger partial charge in [-0.25, -0.2) is 4.79 Å². The maximum Gasteiger partial charge on any atom is 0.337 e. The maximum absolute atomic E-state index is 11.1. The van der Waals surface area contributed by atoms with Crippen LogP contribution in [0.25, 0.3) is 0 Å². The molecule has 0 aliphatic heterocycles. The second kappa shape index (κ2) is 5.52. The molecule has 0 saturated heterocycles. The second-order valence-electron chi connectivity index (χ2n) is 4.68. The van der Waals surface area contributed by atoms with Crippen molar-refractivity contribution in [2.75, 3.05) is 30.0 Å². The third kappa shape index (κ3) is 3.00. The van der Waals surface area contributed by atoms with Gasteiger partial charge in [0.1, 0.15) is 0 Å². The van der Waals surface area contributed by atoms with E-state index in [2.05, 4.69) is 5.32 Å². The number of nitrogen functional groups attached to an aromatic ring is 1. The minimum Gasteiger partial charge on any atom is -0.478 e. The number of carboxylic acids is 1. The van der Waals surface area contributed by atoms with Gasteiger partial charge in [-0.2, -0.15) is 0 Å². The van der Waals surface area contributed by atoms with Crippen LogP contribution in [0.3, 0.4) is 0 Å². The lowest BCUT2D eigenvalue weighted by Gasteiger charge is -2.15. The van der Waals surface area contributed by atoms with Crippen LogP contribution in [0, 0.1) is 0 Å². The molecule has 0 atom stereocenters. The molecule has 2 rings (SSSR count). The van der Waals surface area contributed by atoms with Gasteiger partial charge < -0.3 is 21.1 Å². The third-order valence-electron chi connectivity index (χ3n) is 2.93. The molecule has 104 valence electrons. The van der Waals surface area contributed by atoms with Crippen LogP contribution in [0.15, 0.2) is 42.5 Å². The van der Waals surface area contributed by atoms with Crippen molar-refractivity contribution < 1.29 is 9.90 Å². The summed E-state index contributed by atoms with van der Waals surface area (Å²) in [7, 11) is 3.93. The Labute approximate surface area is 117 Å². The van der Waals surface area contributed by atoms with Crippen molar-refractivity contribution in [1.29, 1.82) is 0 Å². The van der Waals surface area contributed by atoms with Gasteiger partial charge in [0.05, 0.1) is 5.56 Å². The molecule has 0 aliphatic carbocycles. The molecule has 2 aromatic rings. The van der Waals surface area contributed by atoms with Crippen LogP contribution in [0.4, 0.5) is 22.7 Å². The van der Waals surface area contributed by atoms with E-state index in [0.717, 1.165) is 11.4 Å². The Morgan fingerprint density at radius 2 is 1.85 bits per heavy atom. The van der Waals surface area contributed by atoms with E-state index < -0.39 is 5.97 Å². The van der Waals surface area contributed by atoms with Crippen LogP contribution in [-0.4, -0.2) is 25.2 Å². The van der Waals surface area contributed by atoms with Crippen LogP contribution < -0.4 is 16.0 Å². The molecule has 0 fully saturated rings. The smallest absolute Gasteiger partial charge is 0.337 e. The first-order chi connectivity index (χ1) is 9.47. The summed E-state index contributed by atoms with van der Waals surface area (Å²) >= 11 is 0. The van der Waals surface area contributed by atoms with E-state index in [-0.39, 0.29) is 11.3 Å². The zero-order chi connectivity index (χ0) is 14.7. The molecule has 20 heavy (non-hydrogen) atoms. The maximum atomic E-state index is 11.1. The van der Waals surface area contributed by atoms with Gasteiger partial charge in [0.15, 0.2) is 0 Å². The quantitative estimate of drug-likeness (QED) is 0.745. The third-order valence-corrected chi connectivity index (χ3v) is 2.93. The van der Waals surface area contributed by atoms with E-state index >= 15 is 0 Å². The summed E-state index contributed by atoms with van der Waals surface area (Å²) < 4.78 is 0. The number of hydrogen-bond acceptors (Lipinski definition) is 4. The lowest BCUT2D eigenvalue weighted by Crippen LogP contribution is -2.08. The van der Waals surface area contributed by atoms with Gasteiger partial charge in [-0.1, -0.05) is 6.07 Å². The monoisotopic (exact) mass is 271 g/mol. The number of nitrogens with two attached hydrogens (primary N) is 1. The SMILES string of the molecule is CN(C)c1cccc(Nc2ccc(N)c(C(=O)O)c2)c1. The highest BCUT2D eigenvalue weighted by atomic mass is 16.4. The highest BCUT2D eigenvalue weighted by molar-refractivity contribution is 5.95. The predicted octanol–water partition coefficient (Wildman–Crippen LogP) is 2.78. The zero-order valence-electron chi connectivity index (χ0n) is 11.4. The average molecular weight is 271 g/mol. The van der Waals surface area contributed by atoms with Crippen molar-refractivity contribution in [3.05, 3.63) is 48.0 Å². The van der Waals surface area contributed by atoms with E-state index in [0.29, 0.717) is 5.69 Å². The predicted molar refractivity (Wildman–Crippen MR) is 81.9 cm³/mol. The standard InChI is InChI=1S/C15H17N3O2/c1-18(2)12-5-3-4-10(8-12)17-11-6-7-14(16)13(9-11)15(19)20/h3-9,17H,16H2,1-2H3,(H,19,20). The van der Waals surface area contributed by atoms with Gasteiger partial charge >= 0.3 is 5.97 Å². The number of nitrogens with one attached hydrogen (secondary N) is 1. The molecule has 0 aromatic heterocycles. The summed E-state index contributed by atoms with van der Waals surface area (Å²) in [5.74, 6) is -1.03. The summed E-state index contributed by atoms with van der Waals surface area (Å²) in [6, 6.07) is 12.7. The highest BCUT2D eigenvalue weighted by Gasteiger charge is 2.08. The Bertz CT molecular complexity index is 639. The van der Waals surface area contributed by atoms with Gasteiger partial charge in [0.25, 0.3) is 0 Å². The van der Waals surface area contributed by atoms with Crippen LogP contribution in [-0.2, 0) is 0 Å². The molecule has 0 bridgehead atoms. The Kier molecular flexibility index (Phi) is 3.79. The summed E-state index contributed by atoms with van der Waals surface area (Å²) in [4.78, 5) is 13.1. The number of carboxylic acid groups (broad SMARTS) is 1. The summed E-state index contributed by atoms with van der Waals surface area (Å²) in [6.45, 7) is 0. The lowest BCUT2D eigenvalue weighted by molar-refractivity contribution is 0.0698. The van der Waals surface area contributed by atoms with Gasteiger partial charge in [0, 0.05) is 36.8 Å². The molecule has 2 aromatic carbocycles. The molecule has 0 aliphatic rings. The number of carbonyl (C=O) groups is 1. The first-order valence-corrected chi connectivity index (χ1v) is 6.14. The first kappa shape index (κ1) is 13.7.